The van der Waals surface area contributed by atoms with Gasteiger partial charge in [0.05, 0.1) is 38.2 Å². The minimum atomic E-state index is -0.993. The van der Waals surface area contributed by atoms with E-state index in [1.165, 1.54) is 0 Å². The van der Waals surface area contributed by atoms with Crippen LogP contribution in [0.25, 0.3) is 0 Å². The van der Waals surface area contributed by atoms with Crippen LogP contribution in [0.2, 0.25) is 0 Å². The van der Waals surface area contributed by atoms with E-state index in [1.54, 1.807) is 7.11 Å². The molecule has 0 aliphatic carbocycles. The highest BCUT2D eigenvalue weighted by molar-refractivity contribution is 5.67. The third kappa shape index (κ3) is 9.15. The average molecular weight is 217 g/mol. The molecule has 1 N–H and O–H groups in total. The van der Waals surface area contributed by atoms with Crippen molar-refractivity contribution in [3.8, 4) is 6.07 Å². The molecule has 0 aliphatic rings. The highest BCUT2D eigenvalue weighted by Gasteiger charge is 2.13. The van der Waals surface area contributed by atoms with Gasteiger partial charge in [-0.3, -0.25) is 4.79 Å². The second-order valence-corrected chi connectivity index (χ2v) is 2.77. The number of carboxylic acid groups (broad SMARTS) is 1. The van der Waals surface area contributed by atoms with Gasteiger partial charge in [0.1, 0.15) is 6.79 Å². The fraction of sp³-hybridized carbons (Fsp3) is 0.778. The first kappa shape index (κ1) is 13.8. The van der Waals surface area contributed by atoms with E-state index in [0.29, 0.717) is 13.2 Å². The van der Waals surface area contributed by atoms with Crippen molar-refractivity contribution in [1.29, 1.82) is 5.26 Å². The molecule has 0 saturated heterocycles. The van der Waals surface area contributed by atoms with Gasteiger partial charge in [0.2, 0.25) is 0 Å². The normalized spacial score (nSPS) is 12.0. The van der Waals surface area contributed by atoms with E-state index in [1.807, 2.05) is 6.07 Å². The minimum absolute atomic E-state index is 0.0248. The van der Waals surface area contributed by atoms with Crippen LogP contribution in [0.15, 0.2) is 0 Å². The maximum Gasteiger partial charge on any atom is 0.306 e. The SMILES string of the molecule is COCCOCOC(CC#N)CC(=O)O. The Kier molecular flexibility index (Phi) is 8.67. The lowest BCUT2D eigenvalue weighted by Gasteiger charge is -2.12. The van der Waals surface area contributed by atoms with Crippen molar-refractivity contribution in [3.63, 3.8) is 0 Å². The van der Waals surface area contributed by atoms with E-state index in [9.17, 15) is 4.79 Å². The monoisotopic (exact) mass is 217 g/mol. The van der Waals surface area contributed by atoms with Gasteiger partial charge in [0, 0.05) is 7.11 Å². The van der Waals surface area contributed by atoms with Gasteiger partial charge in [-0.25, -0.2) is 0 Å². The van der Waals surface area contributed by atoms with Gasteiger partial charge in [0.25, 0.3) is 0 Å². The first-order valence-electron chi connectivity index (χ1n) is 4.47. The molecule has 0 spiro atoms. The van der Waals surface area contributed by atoms with Crippen molar-refractivity contribution in [3.05, 3.63) is 0 Å². The maximum atomic E-state index is 10.4. The number of hydrogen-bond acceptors (Lipinski definition) is 5. The number of ether oxygens (including phenoxy) is 3. The summed E-state index contributed by atoms with van der Waals surface area (Å²) in [7, 11) is 1.55. The number of rotatable bonds is 9. The molecular formula is C9H15NO5. The Labute approximate surface area is 88.3 Å². The van der Waals surface area contributed by atoms with E-state index < -0.39 is 12.1 Å². The number of nitrogens with zero attached hydrogens (tertiary/aromatic N) is 1. The Morgan fingerprint density at radius 3 is 2.80 bits per heavy atom. The molecule has 0 rings (SSSR count). The smallest absolute Gasteiger partial charge is 0.306 e. The summed E-state index contributed by atoms with van der Waals surface area (Å²) < 4.78 is 14.8. The van der Waals surface area contributed by atoms with Crippen LogP contribution in [-0.2, 0) is 19.0 Å². The zero-order valence-electron chi connectivity index (χ0n) is 8.64. The highest BCUT2D eigenvalue weighted by Crippen LogP contribution is 2.03. The standard InChI is InChI=1S/C9H15NO5/c1-13-4-5-14-7-15-8(2-3-10)6-9(11)12/h8H,2,4-7H2,1H3,(H,11,12). The molecule has 0 aromatic rings. The zero-order chi connectivity index (χ0) is 11.5. The minimum Gasteiger partial charge on any atom is -0.481 e. The third-order valence-electron chi connectivity index (χ3n) is 1.54. The molecule has 6 heteroatoms. The molecule has 1 atom stereocenters. The Morgan fingerprint density at radius 2 is 2.27 bits per heavy atom. The summed E-state index contributed by atoms with van der Waals surface area (Å²) in [6.07, 6.45) is -0.767. The molecule has 86 valence electrons. The molecule has 0 amide bonds. The number of methoxy groups -OCH3 is 1. The highest BCUT2D eigenvalue weighted by atomic mass is 16.7. The van der Waals surface area contributed by atoms with Crippen molar-refractivity contribution in [2.45, 2.75) is 18.9 Å². The predicted octanol–water partition coefficient (Wildman–Crippen LogP) is 0.380. The lowest BCUT2D eigenvalue weighted by atomic mass is 10.2. The van der Waals surface area contributed by atoms with Crippen molar-refractivity contribution in [2.75, 3.05) is 27.1 Å². The summed E-state index contributed by atoms with van der Waals surface area (Å²) in [5, 5.41) is 16.9. The van der Waals surface area contributed by atoms with Crippen LogP contribution in [0, 0.1) is 11.3 Å². The first-order valence-corrected chi connectivity index (χ1v) is 4.47. The first-order chi connectivity index (χ1) is 7.20. The van der Waals surface area contributed by atoms with Crippen molar-refractivity contribution < 1.29 is 24.1 Å². The van der Waals surface area contributed by atoms with Gasteiger partial charge in [-0.15, -0.1) is 0 Å². The van der Waals surface area contributed by atoms with E-state index in [0.717, 1.165) is 0 Å². The van der Waals surface area contributed by atoms with E-state index in [-0.39, 0.29) is 19.6 Å². The molecule has 0 aromatic carbocycles. The summed E-state index contributed by atoms with van der Waals surface area (Å²) in [6.45, 7) is 0.803. The second-order valence-electron chi connectivity index (χ2n) is 2.77. The Bertz CT molecular complexity index is 213. The zero-order valence-corrected chi connectivity index (χ0v) is 8.64. The summed E-state index contributed by atoms with van der Waals surface area (Å²) in [4.78, 5) is 10.4. The van der Waals surface area contributed by atoms with E-state index in [4.69, 9.17) is 24.6 Å². The average Bonchev–Trinajstić information content (AvgIpc) is 2.17. The topological polar surface area (TPSA) is 88.8 Å². The fourth-order valence-corrected chi connectivity index (χ4v) is 0.832. The van der Waals surface area contributed by atoms with Gasteiger partial charge >= 0.3 is 5.97 Å². The number of aliphatic carboxylic acids is 1. The maximum absolute atomic E-state index is 10.4. The van der Waals surface area contributed by atoms with E-state index >= 15 is 0 Å². The van der Waals surface area contributed by atoms with Gasteiger partial charge in [-0.1, -0.05) is 0 Å². The Hall–Kier alpha value is -1.16. The predicted molar refractivity (Wildman–Crippen MR) is 50.1 cm³/mol. The molecular weight excluding hydrogens is 202 g/mol. The summed E-state index contributed by atoms with van der Waals surface area (Å²) in [5.41, 5.74) is 0. The summed E-state index contributed by atoms with van der Waals surface area (Å²) in [6, 6.07) is 1.86. The molecule has 0 bridgehead atoms. The fourth-order valence-electron chi connectivity index (χ4n) is 0.832. The van der Waals surface area contributed by atoms with Crippen molar-refractivity contribution in [2.24, 2.45) is 0 Å². The molecule has 1 unspecified atom stereocenters. The van der Waals surface area contributed by atoms with Crippen LogP contribution in [0.1, 0.15) is 12.8 Å². The van der Waals surface area contributed by atoms with Crippen LogP contribution in [0.5, 0.6) is 0 Å². The molecule has 0 heterocycles. The third-order valence-corrected chi connectivity index (χ3v) is 1.54. The van der Waals surface area contributed by atoms with Crippen LogP contribution < -0.4 is 0 Å². The molecule has 15 heavy (non-hydrogen) atoms. The molecule has 0 aliphatic heterocycles. The van der Waals surface area contributed by atoms with Crippen molar-refractivity contribution >= 4 is 5.97 Å². The van der Waals surface area contributed by atoms with Crippen molar-refractivity contribution in [1.82, 2.24) is 0 Å². The van der Waals surface area contributed by atoms with Gasteiger partial charge < -0.3 is 19.3 Å². The van der Waals surface area contributed by atoms with Gasteiger partial charge in [-0.05, 0) is 0 Å². The Morgan fingerprint density at radius 1 is 1.53 bits per heavy atom. The van der Waals surface area contributed by atoms with E-state index in [2.05, 4.69) is 0 Å². The molecule has 0 saturated carbocycles. The molecule has 6 nitrogen and oxygen atoms in total. The number of carboxylic acids is 1. The Balaban J connectivity index is 3.57. The van der Waals surface area contributed by atoms with Gasteiger partial charge in [-0.2, -0.15) is 5.26 Å². The van der Waals surface area contributed by atoms with Crippen LogP contribution >= 0.6 is 0 Å². The van der Waals surface area contributed by atoms with Crippen LogP contribution in [0.3, 0.4) is 0 Å². The number of hydrogen-bond donors (Lipinski definition) is 1. The summed E-state index contributed by atoms with van der Waals surface area (Å²) in [5.74, 6) is -0.993. The number of carbonyl (C=O) groups is 1. The van der Waals surface area contributed by atoms with Crippen LogP contribution in [0.4, 0.5) is 0 Å². The van der Waals surface area contributed by atoms with Crippen LogP contribution in [-0.4, -0.2) is 44.3 Å². The second kappa shape index (κ2) is 9.40. The number of nitriles is 1. The quantitative estimate of drug-likeness (QED) is 0.443. The molecule has 0 aromatic heterocycles. The lowest BCUT2D eigenvalue weighted by molar-refractivity contribution is -0.144. The lowest BCUT2D eigenvalue weighted by Crippen LogP contribution is -2.19. The molecule has 0 radical (unpaired) electrons. The largest absolute Gasteiger partial charge is 0.481 e. The molecule has 0 fully saturated rings. The van der Waals surface area contributed by atoms with Gasteiger partial charge in [0.15, 0.2) is 0 Å². The summed E-state index contributed by atoms with van der Waals surface area (Å²) >= 11 is 0.